The van der Waals surface area contributed by atoms with E-state index in [1.165, 1.54) is 7.11 Å². The highest BCUT2D eigenvalue weighted by Gasteiger charge is 2.27. The highest BCUT2D eigenvalue weighted by Crippen LogP contribution is 2.19. The van der Waals surface area contributed by atoms with Crippen molar-refractivity contribution in [3.63, 3.8) is 0 Å². The maximum Gasteiger partial charge on any atom is 0.308 e. The van der Waals surface area contributed by atoms with E-state index in [9.17, 15) is 4.79 Å². The molecule has 1 aliphatic heterocycles. The Balaban J connectivity index is 1.89. The number of esters is 1. The van der Waals surface area contributed by atoms with E-state index in [1.807, 2.05) is 38.1 Å². The number of hydrogen-bond donors (Lipinski definition) is 1. The minimum Gasteiger partial charge on any atom is -0.489 e. The maximum atomic E-state index is 11.7. The molecule has 1 fully saturated rings. The zero-order chi connectivity index (χ0) is 18.9. The van der Waals surface area contributed by atoms with Gasteiger partial charge < -0.3 is 19.7 Å². The fraction of sp³-hybridized carbons (Fsp3) is 0.579. The van der Waals surface area contributed by atoms with Gasteiger partial charge in [0.15, 0.2) is 5.96 Å². The van der Waals surface area contributed by atoms with E-state index >= 15 is 0 Å². The molecule has 0 aromatic heterocycles. The molecule has 1 atom stereocenters. The molecule has 1 aliphatic rings. The molecular formula is C19H28ClN3O3. The first-order chi connectivity index (χ1) is 12.5. The summed E-state index contributed by atoms with van der Waals surface area (Å²) in [6.07, 6.45) is 1.51. The van der Waals surface area contributed by atoms with Crippen LogP contribution in [0.5, 0.6) is 5.75 Å². The van der Waals surface area contributed by atoms with Crippen LogP contribution in [-0.4, -0.2) is 56.2 Å². The van der Waals surface area contributed by atoms with E-state index in [-0.39, 0.29) is 18.0 Å². The molecule has 0 spiro atoms. The molecule has 1 N–H and O–H groups in total. The van der Waals surface area contributed by atoms with E-state index < -0.39 is 0 Å². The van der Waals surface area contributed by atoms with Crippen LogP contribution >= 0.6 is 11.6 Å². The lowest BCUT2D eigenvalue weighted by molar-refractivity contribution is -0.146. The summed E-state index contributed by atoms with van der Waals surface area (Å²) in [6.45, 7) is 6.95. The van der Waals surface area contributed by atoms with Gasteiger partial charge in [0.1, 0.15) is 11.9 Å². The first-order valence-corrected chi connectivity index (χ1v) is 9.44. The molecule has 1 aromatic rings. The monoisotopic (exact) mass is 381 g/mol. The Morgan fingerprint density at radius 1 is 1.35 bits per heavy atom. The smallest absolute Gasteiger partial charge is 0.308 e. The van der Waals surface area contributed by atoms with Gasteiger partial charge in [-0.25, -0.2) is 4.99 Å². The molecular weight excluding hydrogens is 354 g/mol. The summed E-state index contributed by atoms with van der Waals surface area (Å²) in [4.78, 5) is 18.6. The Morgan fingerprint density at radius 2 is 2.00 bits per heavy atom. The zero-order valence-corrected chi connectivity index (χ0v) is 16.5. The number of nitrogens with zero attached hydrogens (tertiary/aromatic N) is 2. The van der Waals surface area contributed by atoms with Gasteiger partial charge in [-0.1, -0.05) is 11.6 Å². The molecule has 0 bridgehead atoms. The fourth-order valence-electron chi connectivity index (χ4n) is 2.92. The number of methoxy groups -OCH3 is 1. The third-order valence-corrected chi connectivity index (χ3v) is 4.56. The number of nitrogens with one attached hydrogen (secondary N) is 1. The van der Waals surface area contributed by atoms with E-state index in [2.05, 4.69) is 10.2 Å². The predicted octanol–water partition coefficient (Wildman–Crippen LogP) is 2.96. The van der Waals surface area contributed by atoms with Gasteiger partial charge in [0.25, 0.3) is 0 Å². The summed E-state index contributed by atoms with van der Waals surface area (Å²) in [5.41, 5.74) is 0. The minimum absolute atomic E-state index is 0.00807. The predicted molar refractivity (Wildman–Crippen MR) is 104 cm³/mol. The van der Waals surface area contributed by atoms with E-state index in [4.69, 9.17) is 26.1 Å². The van der Waals surface area contributed by atoms with Crippen molar-refractivity contribution in [3.8, 4) is 5.75 Å². The molecule has 0 aliphatic carbocycles. The number of hydrogen-bond acceptors (Lipinski definition) is 4. The molecule has 1 aromatic carbocycles. The average molecular weight is 382 g/mol. The number of rotatable bonds is 6. The Hall–Kier alpha value is -1.95. The Bertz CT molecular complexity index is 599. The molecule has 1 heterocycles. The molecule has 26 heavy (non-hydrogen) atoms. The highest BCUT2D eigenvalue weighted by atomic mass is 35.5. The summed E-state index contributed by atoms with van der Waals surface area (Å²) in [7, 11) is 1.45. The first-order valence-electron chi connectivity index (χ1n) is 9.06. The second-order valence-electron chi connectivity index (χ2n) is 6.36. The lowest BCUT2D eigenvalue weighted by Gasteiger charge is -2.33. The molecule has 0 amide bonds. The van der Waals surface area contributed by atoms with E-state index in [0.717, 1.165) is 44.2 Å². The van der Waals surface area contributed by atoms with Crippen molar-refractivity contribution in [2.45, 2.75) is 32.8 Å². The largest absolute Gasteiger partial charge is 0.489 e. The quantitative estimate of drug-likeness (QED) is 0.466. The molecule has 1 unspecified atom stereocenters. The van der Waals surface area contributed by atoms with Crippen molar-refractivity contribution in [1.82, 2.24) is 10.2 Å². The van der Waals surface area contributed by atoms with Crippen LogP contribution in [0.4, 0.5) is 0 Å². The number of aliphatic imine (C=N–C) groups is 1. The topological polar surface area (TPSA) is 63.2 Å². The standard InChI is InChI=1S/C19H28ClN3O3/c1-4-21-19(23-11-9-15(10-12-23)18(24)25-3)22-13-14(2)26-17-7-5-16(20)6-8-17/h5-8,14-15H,4,9-13H2,1-3H3,(H,21,22). The second-order valence-corrected chi connectivity index (χ2v) is 6.80. The van der Waals surface area contributed by atoms with Crippen LogP contribution in [0.1, 0.15) is 26.7 Å². The van der Waals surface area contributed by atoms with Crippen molar-refractivity contribution in [2.75, 3.05) is 33.3 Å². The Morgan fingerprint density at radius 3 is 2.58 bits per heavy atom. The second kappa shape index (κ2) is 10.3. The lowest BCUT2D eigenvalue weighted by atomic mass is 9.97. The van der Waals surface area contributed by atoms with Gasteiger partial charge in [0, 0.05) is 24.7 Å². The highest BCUT2D eigenvalue weighted by molar-refractivity contribution is 6.30. The summed E-state index contributed by atoms with van der Waals surface area (Å²) in [5.74, 6) is 1.52. The maximum absolute atomic E-state index is 11.7. The van der Waals surface area contributed by atoms with Crippen molar-refractivity contribution in [2.24, 2.45) is 10.9 Å². The van der Waals surface area contributed by atoms with Gasteiger partial charge in [0.05, 0.1) is 19.6 Å². The van der Waals surface area contributed by atoms with Crippen molar-refractivity contribution < 1.29 is 14.3 Å². The Labute approximate surface area is 160 Å². The molecule has 0 radical (unpaired) electrons. The number of likely N-dealkylation sites (tertiary alicyclic amines) is 1. The number of halogens is 1. The number of carbonyl (C=O) groups is 1. The third kappa shape index (κ3) is 6.09. The SMILES string of the molecule is CCNC(=NCC(C)Oc1ccc(Cl)cc1)N1CCC(C(=O)OC)CC1. The van der Waals surface area contributed by atoms with E-state index in [0.29, 0.717) is 11.6 Å². The van der Waals surface area contributed by atoms with Crippen LogP contribution in [-0.2, 0) is 9.53 Å². The van der Waals surface area contributed by atoms with Crippen LogP contribution in [0.2, 0.25) is 5.02 Å². The zero-order valence-electron chi connectivity index (χ0n) is 15.7. The summed E-state index contributed by atoms with van der Waals surface area (Å²) < 4.78 is 10.7. The number of piperidine rings is 1. The van der Waals surface area contributed by atoms with Gasteiger partial charge in [-0.15, -0.1) is 0 Å². The number of carbonyl (C=O) groups excluding carboxylic acids is 1. The van der Waals surface area contributed by atoms with Crippen LogP contribution < -0.4 is 10.1 Å². The number of ether oxygens (including phenoxy) is 2. The van der Waals surface area contributed by atoms with Crippen LogP contribution in [0, 0.1) is 5.92 Å². The summed E-state index contributed by atoms with van der Waals surface area (Å²) >= 11 is 5.89. The first kappa shape index (κ1) is 20.4. The molecule has 2 rings (SSSR count). The van der Waals surface area contributed by atoms with Gasteiger partial charge in [-0.3, -0.25) is 4.79 Å². The average Bonchev–Trinajstić information content (AvgIpc) is 2.66. The molecule has 7 heteroatoms. The number of guanidine groups is 1. The van der Waals surface area contributed by atoms with Crippen LogP contribution in [0.15, 0.2) is 29.3 Å². The third-order valence-electron chi connectivity index (χ3n) is 4.31. The van der Waals surface area contributed by atoms with Gasteiger partial charge in [-0.2, -0.15) is 0 Å². The van der Waals surface area contributed by atoms with E-state index in [1.54, 1.807) is 0 Å². The summed E-state index contributed by atoms with van der Waals surface area (Å²) in [5, 5.41) is 4.01. The van der Waals surface area contributed by atoms with Crippen LogP contribution in [0.3, 0.4) is 0 Å². The minimum atomic E-state index is -0.114. The number of benzene rings is 1. The molecule has 6 nitrogen and oxygen atoms in total. The molecule has 0 saturated carbocycles. The normalized spacial score (nSPS) is 16.9. The van der Waals surface area contributed by atoms with Crippen molar-refractivity contribution >= 4 is 23.5 Å². The molecule has 144 valence electrons. The van der Waals surface area contributed by atoms with Gasteiger partial charge in [0.2, 0.25) is 0 Å². The lowest BCUT2D eigenvalue weighted by Crippen LogP contribution is -2.47. The van der Waals surface area contributed by atoms with Gasteiger partial charge in [-0.05, 0) is 51.0 Å². The van der Waals surface area contributed by atoms with Crippen molar-refractivity contribution in [3.05, 3.63) is 29.3 Å². The summed E-state index contributed by atoms with van der Waals surface area (Å²) in [6, 6.07) is 7.32. The van der Waals surface area contributed by atoms with Crippen LogP contribution in [0.25, 0.3) is 0 Å². The van der Waals surface area contributed by atoms with Gasteiger partial charge >= 0.3 is 5.97 Å². The van der Waals surface area contributed by atoms with Crippen molar-refractivity contribution in [1.29, 1.82) is 0 Å². The fourth-order valence-corrected chi connectivity index (χ4v) is 3.04. The molecule has 1 saturated heterocycles. The Kier molecular flexibility index (Phi) is 8.04.